The molecule has 3 heteroatoms. The van der Waals surface area contributed by atoms with Crippen molar-refractivity contribution in [1.29, 1.82) is 0 Å². The molecule has 1 aromatic carbocycles. The minimum absolute atomic E-state index is 0.0955. The first-order valence-electron chi connectivity index (χ1n) is 6.82. The summed E-state index contributed by atoms with van der Waals surface area (Å²) in [5, 5.41) is 12.9. The van der Waals surface area contributed by atoms with E-state index in [0.717, 1.165) is 37.8 Å². The summed E-state index contributed by atoms with van der Waals surface area (Å²) < 4.78 is 13.1. The highest BCUT2D eigenvalue weighted by Crippen LogP contribution is 2.24. The molecule has 0 radical (unpaired) electrons. The molecule has 0 saturated heterocycles. The van der Waals surface area contributed by atoms with Gasteiger partial charge in [-0.05, 0) is 62.8 Å². The molecule has 1 aromatic rings. The Morgan fingerprint density at radius 1 is 1.33 bits per heavy atom. The maximum Gasteiger partial charge on any atom is 0.123 e. The highest BCUT2D eigenvalue weighted by atomic mass is 19.1. The zero-order valence-corrected chi connectivity index (χ0v) is 10.9. The Bertz CT molecular complexity index is 375. The summed E-state index contributed by atoms with van der Waals surface area (Å²) in [5.74, 6) is 0.464. The van der Waals surface area contributed by atoms with Crippen LogP contribution in [0.4, 0.5) is 4.39 Å². The molecule has 1 atom stereocenters. The number of rotatable bonds is 4. The van der Waals surface area contributed by atoms with Crippen LogP contribution in [-0.2, 0) is 0 Å². The van der Waals surface area contributed by atoms with Crippen LogP contribution in [-0.4, -0.2) is 17.8 Å². The molecule has 1 aliphatic carbocycles. The molecule has 2 rings (SSSR count). The highest BCUT2D eigenvalue weighted by Gasteiger charge is 2.19. The first kappa shape index (κ1) is 13.5. The second-order valence-electron chi connectivity index (χ2n) is 5.36. The summed E-state index contributed by atoms with van der Waals surface area (Å²) in [7, 11) is 0. The molecule has 1 fully saturated rings. The third-order valence-corrected chi connectivity index (χ3v) is 3.88. The predicted octanol–water partition coefficient (Wildman–Crippen LogP) is 3.03. The Labute approximate surface area is 108 Å². The van der Waals surface area contributed by atoms with Gasteiger partial charge in [-0.25, -0.2) is 4.39 Å². The first-order chi connectivity index (χ1) is 8.65. The molecule has 100 valence electrons. The number of hydrogen-bond donors (Lipinski definition) is 2. The van der Waals surface area contributed by atoms with E-state index in [9.17, 15) is 9.50 Å². The SMILES string of the molecule is CC(NCC1CCC(O)CC1)c1cccc(F)c1. The van der Waals surface area contributed by atoms with Crippen molar-refractivity contribution >= 4 is 0 Å². The molecule has 0 aliphatic heterocycles. The highest BCUT2D eigenvalue weighted by molar-refractivity contribution is 5.19. The van der Waals surface area contributed by atoms with Crippen LogP contribution in [0.1, 0.15) is 44.2 Å². The largest absolute Gasteiger partial charge is 0.393 e. The van der Waals surface area contributed by atoms with E-state index in [4.69, 9.17) is 0 Å². The lowest BCUT2D eigenvalue weighted by atomic mass is 9.87. The van der Waals surface area contributed by atoms with Gasteiger partial charge >= 0.3 is 0 Å². The lowest BCUT2D eigenvalue weighted by Crippen LogP contribution is -2.29. The van der Waals surface area contributed by atoms with Crippen molar-refractivity contribution in [1.82, 2.24) is 5.32 Å². The van der Waals surface area contributed by atoms with Gasteiger partial charge in [-0.2, -0.15) is 0 Å². The summed E-state index contributed by atoms with van der Waals surface area (Å²) >= 11 is 0. The van der Waals surface area contributed by atoms with Gasteiger partial charge in [-0.1, -0.05) is 12.1 Å². The van der Waals surface area contributed by atoms with Crippen molar-refractivity contribution in [2.75, 3.05) is 6.54 Å². The quantitative estimate of drug-likeness (QED) is 0.862. The average molecular weight is 251 g/mol. The van der Waals surface area contributed by atoms with Crippen LogP contribution in [0.5, 0.6) is 0 Å². The third kappa shape index (κ3) is 3.79. The molecule has 1 aliphatic rings. The Balaban J connectivity index is 1.79. The molecule has 2 nitrogen and oxygen atoms in total. The molecular formula is C15H22FNO. The van der Waals surface area contributed by atoms with Crippen LogP contribution in [0, 0.1) is 11.7 Å². The van der Waals surface area contributed by atoms with Gasteiger partial charge in [-0.3, -0.25) is 0 Å². The van der Waals surface area contributed by atoms with Crippen LogP contribution in [0.2, 0.25) is 0 Å². The van der Waals surface area contributed by atoms with E-state index in [1.54, 1.807) is 12.1 Å². The van der Waals surface area contributed by atoms with Crippen molar-refractivity contribution in [2.45, 2.75) is 44.8 Å². The van der Waals surface area contributed by atoms with E-state index < -0.39 is 0 Å². The zero-order chi connectivity index (χ0) is 13.0. The van der Waals surface area contributed by atoms with Gasteiger partial charge in [0.2, 0.25) is 0 Å². The summed E-state index contributed by atoms with van der Waals surface area (Å²) in [6, 6.07) is 6.93. The summed E-state index contributed by atoms with van der Waals surface area (Å²) in [6.45, 7) is 3.01. The second-order valence-corrected chi connectivity index (χ2v) is 5.36. The normalized spacial score (nSPS) is 25.9. The van der Waals surface area contributed by atoms with Crippen LogP contribution in [0.15, 0.2) is 24.3 Å². The van der Waals surface area contributed by atoms with Gasteiger partial charge in [0.25, 0.3) is 0 Å². The summed E-state index contributed by atoms with van der Waals surface area (Å²) in [6.07, 6.45) is 3.91. The number of benzene rings is 1. The van der Waals surface area contributed by atoms with Gasteiger partial charge < -0.3 is 10.4 Å². The lowest BCUT2D eigenvalue weighted by Gasteiger charge is -2.27. The average Bonchev–Trinajstić information content (AvgIpc) is 2.38. The maximum atomic E-state index is 13.1. The second kappa shape index (κ2) is 6.30. The molecule has 0 aromatic heterocycles. The van der Waals surface area contributed by atoms with E-state index in [-0.39, 0.29) is 18.0 Å². The van der Waals surface area contributed by atoms with Crippen LogP contribution in [0.3, 0.4) is 0 Å². The number of hydrogen-bond acceptors (Lipinski definition) is 2. The fraction of sp³-hybridized carbons (Fsp3) is 0.600. The number of aliphatic hydroxyl groups is 1. The molecule has 0 bridgehead atoms. The maximum absolute atomic E-state index is 13.1. The zero-order valence-electron chi connectivity index (χ0n) is 10.9. The molecule has 18 heavy (non-hydrogen) atoms. The van der Waals surface area contributed by atoms with Crippen LogP contribution in [0.25, 0.3) is 0 Å². The monoisotopic (exact) mass is 251 g/mol. The van der Waals surface area contributed by atoms with Crippen molar-refractivity contribution in [3.8, 4) is 0 Å². The predicted molar refractivity (Wildman–Crippen MR) is 70.8 cm³/mol. The third-order valence-electron chi connectivity index (χ3n) is 3.88. The van der Waals surface area contributed by atoms with Crippen LogP contribution >= 0.6 is 0 Å². The van der Waals surface area contributed by atoms with Crippen molar-refractivity contribution in [3.05, 3.63) is 35.6 Å². The topological polar surface area (TPSA) is 32.3 Å². The van der Waals surface area contributed by atoms with E-state index in [1.807, 2.05) is 6.07 Å². The molecule has 0 amide bonds. The standard InChI is InChI=1S/C15H22FNO/c1-11(13-3-2-4-14(16)9-13)17-10-12-5-7-15(18)8-6-12/h2-4,9,11-12,15,17-18H,5-8,10H2,1H3. The fourth-order valence-electron chi connectivity index (χ4n) is 2.59. The molecule has 2 N–H and O–H groups in total. The van der Waals surface area contributed by atoms with Crippen LogP contribution < -0.4 is 5.32 Å². The Hall–Kier alpha value is -0.930. The Morgan fingerprint density at radius 3 is 2.72 bits per heavy atom. The fourth-order valence-corrected chi connectivity index (χ4v) is 2.59. The van der Waals surface area contributed by atoms with Crippen molar-refractivity contribution in [3.63, 3.8) is 0 Å². The first-order valence-corrected chi connectivity index (χ1v) is 6.82. The van der Waals surface area contributed by atoms with Gasteiger partial charge in [0.15, 0.2) is 0 Å². The lowest BCUT2D eigenvalue weighted by molar-refractivity contribution is 0.108. The van der Waals surface area contributed by atoms with Crippen molar-refractivity contribution < 1.29 is 9.50 Å². The van der Waals surface area contributed by atoms with Gasteiger partial charge in [0.05, 0.1) is 6.10 Å². The van der Waals surface area contributed by atoms with Gasteiger partial charge in [-0.15, -0.1) is 0 Å². The molecule has 0 spiro atoms. The molecule has 0 heterocycles. The molecule has 1 unspecified atom stereocenters. The van der Waals surface area contributed by atoms with E-state index in [0.29, 0.717) is 5.92 Å². The van der Waals surface area contributed by atoms with Gasteiger partial charge in [0.1, 0.15) is 5.82 Å². The minimum Gasteiger partial charge on any atom is -0.393 e. The molecule has 1 saturated carbocycles. The van der Waals surface area contributed by atoms with Gasteiger partial charge in [0, 0.05) is 6.04 Å². The van der Waals surface area contributed by atoms with E-state index in [1.165, 1.54) is 6.07 Å². The van der Waals surface area contributed by atoms with E-state index in [2.05, 4.69) is 12.2 Å². The Kier molecular flexibility index (Phi) is 4.72. The summed E-state index contributed by atoms with van der Waals surface area (Å²) in [4.78, 5) is 0. The minimum atomic E-state index is -0.179. The van der Waals surface area contributed by atoms with E-state index >= 15 is 0 Å². The van der Waals surface area contributed by atoms with Crippen molar-refractivity contribution in [2.24, 2.45) is 5.92 Å². The number of nitrogens with one attached hydrogen (secondary N) is 1. The number of aliphatic hydroxyl groups excluding tert-OH is 1. The number of halogens is 1. The summed E-state index contributed by atoms with van der Waals surface area (Å²) in [5.41, 5.74) is 0.992. The Morgan fingerprint density at radius 2 is 2.06 bits per heavy atom. The smallest absolute Gasteiger partial charge is 0.123 e. The molecular weight excluding hydrogens is 229 g/mol.